The molecule has 0 aliphatic carbocycles. The van der Waals surface area contributed by atoms with E-state index in [1.54, 1.807) is 30.3 Å². The van der Waals surface area contributed by atoms with Crippen molar-refractivity contribution in [1.29, 1.82) is 0 Å². The molecule has 2 aromatic carbocycles. The van der Waals surface area contributed by atoms with E-state index in [9.17, 15) is 14.0 Å². The van der Waals surface area contributed by atoms with Gasteiger partial charge in [0.2, 0.25) is 5.91 Å². The first-order valence-corrected chi connectivity index (χ1v) is 9.25. The molecule has 0 aliphatic rings. The van der Waals surface area contributed by atoms with Crippen molar-refractivity contribution in [1.82, 2.24) is 20.5 Å². The number of nitrogens with one attached hydrogen (secondary N) is 2. The average molecular weight is 396 g/mol. The van der Waals surface area contributed by atoms with Crippen molar-refractivity contribution in [3.05, 3.63) is 76.0 Å². The van der Waals surface area contributed by atoms with Crippen LogP contribution in [0.5, 0.6) is 5.75 Å². The number of carbonyl (C=O) groups is 1. The second-order valence-electron chi connectivity index (χ2n) is 6.32. The fourth-order valence-electron chi connectivity index (χ4n) is 2.72. The Morgan fingerprint density at radius 3 is 2.76 bits per heavy atom. The molecule has 1 amide bonds. The van der Waals surface area contributed by atoms with Crippen molar-refractivity contribution in [3.63, 3.8) is 0 Å². The topological polar surface area (TPSA) is 97.0 Å². The minimum Gasteiger partial charge on any atom is -0.494 e. The second-order valence-corrected chi connectivity index (χ2v) is 6.32. The van der Waals surface area contributed by atoms with Gasteiger partial charge >= 0.3 is 0 Å². The summed E-state index contributed by atoms with van der Waals surface area (Å²) >= 11 is 0. The molecule has 0 saturated carbocycles. The molecule has 29 heavy (non-hydrogen) atoms. The maximum absolute atomic E-state index is 13.1. The quantitative estimate of drug-likeness (QED) is 0.610. The summed E-state index contributed by atoms with van der Waals surface area (Å²) in [6.45, 7) is 2.64. The fourth-order valence-corrected chi connectivity index (χ4v) is 2.72. The number of aryl methyl sites for hydroxylation is 1. The lowest BCUT2D eigenvalue weighted by molar-refractivity contribution is -0.121. The Kier molecular flexibility index (Phi) is 6.67. The van der Waals surface area contributed by atoms with Gasteiger partial charge in [-0.1, -0.05) is 24.3 Å². The first-order valence-electron chi connectivity index (χ1n) is 9.25. The van der Waals surface area contributed by atoms with Crippen LogP contribution in [0.1, 0.15) is 24.6 Å². The van der Waals surface area contributed by atoms with Crippen molar-refractivity contribution in [3.8, 4) is 17.1 Å². The number of rotatable bonds is 8. The maximum atomic E-state index is 13.1. The van der Waals surface area contributed by atoms with Crippen molar-refractivity contribution in [2.45, 2.75) is 26.3 Å². The number of hydrogen-bond donors (Lipinski definition) is 2. The Balaban J connectivity index is 1.58. The molecule has 1 aromatic heterocycles. The van der Waals surface area contributed by atoms with E-state index in [4.69, 9.17) is 4.74 Å². The van der Waals surface area contributed by atoms with Gasteiger partial charge in [-0.2, -0.15) is 0 Å². The highest BCUT2D eigenvalue weighted by Crippen LogP contribution is 2.19. The molecule has 0 spiro atoms. The van der Waals surface area contributed by atoms with Crippen LogP contribution in [0.25, 0.3) is 11.4 Å². The summed E-state index contributed by atoms with van der Waals surface area (Å²) in [4.78, 5) is 27.0. The third-order valence-corrected chi connectivity index (χ3v) is 4.15. The van der Waals surface area contributed by atoms with Gasteiger partial charge < -0.3 is 15.0 Å². The molecule has 150 valence electrons. The number of ether oxygens (including phenoxy) is 1. The van der Waals surface area contributed by atoms with Crippen LogP contribution in [-0.4, -0.2) is 27.7 Å². The molecule has 8 heteroatoms. The van der Waals surface area contributed by atoms with Gasteiger partial charge in [-0.3, -0.25) is 9.59 Å². The van der Waals surface area contributed by atoms with E-state index in [-0.39, 0.29) is 36.8 Å². The lowest BCUT2D eigenvalue weighted by atomic mass is 10.2. The first kappa shape index (κ1) is 20.2. The van der Waals surface area contributed by atoms with Crippen LogP contribution in [0.3, 0.4) is 0 Å². The maximum Gasteiger partial charge on any atom is 0.273 e. The number of hydrogen-bond acceptors (Lipinski definition) is 5. The summed E-state index contributed by atoms with van der Waals surface area (Å²) in [6.07, 6.45) is 0.225. The van der Waals surface area contributed by atoms with Crippen LogP contribution in [0.15, 0.2) is 53.3 Å². The van der Waals surface area contributed by atoms with Crippen LogP contribution >= 0.6 is 0 Å². The Labute approximate surface area is 167 Å². The standard InChI is InChI=1S/C21H21FN4O3/c1-2-29-17-8-4-6-15(12-17)20-24-21(28)18(25-26-20)9-10-19(27)23-13-14-5-3-7-16(22)11-14/h3-8,11-12H,2,9-10,13H2,1H3,(H,23,27)(H,24,26,28). The van der Waals surface area contributed by atoms with Crippen molar-refractivity contribution in [2.24, 2.45) is 0 Å². The number of H-pyrrole nitrogens is 1. The molecule has 0 aliphatic heterocycles. The monoisotopic (exact) mass is 396 g/mol. The number of amides is 1. The van der Waals surface area contributed by atoms with Gasteiger partial charge in [0.05, 0.1) is 6.61 Å². The Morgan fingerprint density at radius 1 is 1.17 bits per heavy atom. The smallest absolute Gasteiger partial charge is 0.273 e. The number of halogens is 1. The van der Waals surface area contributed by atoms with Crippen LogP contribution in [-0.2, 0) is 17.8 Å². The largest absolute Gasteiger partial charge is 0.494 e. The second kappa shape index (κ2) is 9.59. The van der Waals surface area contributed by atoms with Gasteiger partial charge in [-0.15, -0.1) is 10.2 Å². The Bertz CT molecular complexity index is 1050. The van der Waals surface area contributed by atoms with Crippen molar-refractivity contribution in [2.75, 3.05) is 6.61 Å². The number of aromatic amines is 1. The van der Waals surface area contributed by atoms with Gasteiger partial charge in [-0.25, -0.2) is 4.39 Å². The molecule has 0 bridgehead atoms. The summed E-state index contributed by atoms with van der Waals surface area (Å²) in [5, 5.41) is 10.7. The van der Waals surface area contributed by atoms with Crippen LogP contribution in [0, 0.1) is 5.82 Å². The number of benzene rings is 2. The van der Waals surface area contributed by atoms with Gasteiger partial charge in [-0.05, 0) is 36.8 Å². The van der Waals surface area contributed by atoms with E-state index in [2.05, 4.69) is 20.5 Å². The minimum atomic E-state index is -0.394. The van der Waals surface area contributed by atoms with Gasteiger partial charge in [0.1, 0.15) is 17.3 Å². The van der Waals surface area contributed by atoms with E-state index in [1.165, 1.54) is 12.1 Å². The molecule has 3 rings (SSSR count). The zero-order valence-electron chi connectivity index (χ0n) is 15.9. The summed E-state index contributed by atoms with van der Waals surface area (Å²) in [7, 11) is 0. The van der Waals surface area contributed by atoms with Crippen molar-refractivity contribution < 1.29 is 13.9 Å². The highest BCUT2D eigenvalue weighted by molar-refractivity contribution is 5.76. The first-order chi connectivity index (χ1) is 14.0. The average Bonchev–Trinajstić information content (AvgIpc) is 2.72. The Hall–Kier alpha value is -3.55. The van der Waals surface area contributed by atoms with Gasteiger partial charge in [0, 0.05) is 24.9 Å². The third kappa shape index (κ3) is 5.71. The van der Waals surface area contributed by atoms with E-state index in [1.807, 2.05) is 13.0 Å². The molecule has 7 nitrogen and oxygen atoms in total. The minimum absolute atomic E-state index is 0.0756. The fraction of sp³-hybridized carbons (Fsp3) is 0.238. The summed E-state index contributed by atoms with van der Waals surface area (Å²) < 4.78 is 18.6. The van der Waals surface area contributed by atoms with Gasteiger partial charge in [0.25, 0.3) is 5.56 Å². The molecular formula is C21H21FN4O3. The Morgan fingerprint density at radius 2 is 2.00 bits per heavy atom. The zero-order chi connectivity index (χ0) is 20.6. The predicted molar refractivity (Wildman–Crippen MR) is 106 cm³/mol. The van der Waals surface area contributed by atoms with E-state index in [0.29, 0.717) is 29.3 Å². The lowest BCUT2D eigenvalue weighted by Gasteiger charge is -2.06. The molecular weight excluding hydrogens is 375 g/mol. The summed E-state index contributed by atoms with van der Waals surface area (Å²) in [5.74, 6) is 0.386. The number of carbonyl (C=O) groups excluding carboxylic acids is 1. The molecule has 3 aromatic rings. The molecule has 2 N–H and O–H groups in total. The molecule has 0 unspecified atom stereocenters. The normalized spacial score (nSPS) is 10.6. The summed E-state index contributed by atoms with van der Waals surface area (Å²) in [6, 6.07) is 13.2. The lowest BCUT2D eigenvalue weighted by Crippen LogP contribution is -2.25. The molecule has 1 heterocycles. The van der Waals surface area contributed by atoms with Crippen molar-refractivity contribution >= 4 is 5.91 Å². The van der Waals surface area contributed by atoms with Crippen LogP contribution < -0.4 is 15.6 Å². The molecule has 0 saturated heterocycles. The third-order valence-electron chi connectivity index (χ3n) is 4.15. The highest BCUT2D eigenvalue weighted by Gasteiger charge is 2.10. The van der Waals surface area contributed by atoms with E-state index < -0.39 is 5.56 Å². The zero-order valence-corrected chi connectivity index (χ0v) is 15.9. The van der Waals surface area contributed by atoms with E-state index in [0.717, 1.165) is 0 Å². The van der Waals surface area contributed by atoms with Crippen LogP contribution in [0.2, 0.25) is 0 Å². The highest BCUT2D eigenvalue weighted by atomic mass is 19.1. The van der Waals surface area contributed by atoms with Gasteiger partial charge in [0.15, 0.2) is 5.82 Å². The van der Waals surface area contributed by atoms with Crippen LogP contribution in [0.4, 0.5) is 4.39 Å². The predicted octanol–water partition coefficient (Wildman–Crippen LogP) is 2.62. The summed E-state index contributed by atoms with van der Waals surface area (Å²) in [5.41, 5.74) is 1.12. The number of aromatic nitrogens is 3. The molecule has 0 radical (unpaired) electrons. The van der Waals surface area contributed by atoms with E-state index >= 15 is 0 Å². The SMILES string of the molecule is CCOc1cccc(-c2nnc(CCC(=O)NCc3cccc(F)c3)c(=O)[nH]2)c1. The number of nitrogens with zero attached hydrogens (tertiary/aromatic N) is 2. The molecule has 0 atom stereocenters. The molecule has 0 fully saturated rings.